The number of halogens is 1. The van der Waals surface area contributed by atoms with Crippen LogP contribution in [-0.2, 0) is 18.4 Å². The van der Waals surface area contributed by atoms with Gasteiger partial charge in [-0.25, -0.2) is 4.98 Å². The van der Waals surface area contributed by atoms with Gasteiger partial charge in [-0.15, -0.1) is 11.3 Å². The van der Waals surface area contributed by atoms with Crippen molar-refractivity contribution >= 4 is 27.3 Å². The summed E-state index contributed by atoms with van der Waals surface area (Å²) in [4.78, 5) is 21.6. The fraction of sp³-hybridized carbons (Fsp3) is 0.467. The molecule has 6 heteroatoms. The number of aromatic nitrogens is 2. The molecule has 1 aliphatic heterocycles. The highest BCUT2D eigenvalue weighted by Gasteiger charge is 2.49. The Bertz CT molecular complexity index is 748. The zero-order valence-corrected chi connectivity index (χ0v) is 13.9. The Morgan fingerprint density at radius 3 is 2.95 bits per heavy atom. The molecule has 0 amide bonds. The maximum Gasteiger partial charge on any atom is 0.255 e. The Morgan fingerprint density at radius 2 is 2.24 bits per heavy atom. The summed E-state index contributed by atoms with van der Waals surface area (Å²) in [6, 6.07) is 2.16. The summed E-state index contributed by atoms with van der Waals surface area (Å²) in [6.07, 6.45) is 4.07. The van der Waals surface area contributed by atoms with Crippen LogP contribution in [0.25, 0.3) is 0 Å². The van der Waals surface area contributed by atoms with Crippen molar-refractivity contribution in [1.29, 1.82) is 0 Å². The standard InChI is InChI=1S/C15H16BrN3OS/c16-9-6-12(21-8-9)15(3-4-15)14-18-11-2-1-5-17-7-10(11)13(20)19-14/h6,8,17H,1-5,7H2,(H,18,19,20). The average Bonchev–Trinajstić information content (AvgIpc) is 3.21. The zero-order valence-electron chi connectivity index (χ0n) is 11.5. The smallest absolute Gasteiger partial charge is 0.255 e. The summed E-state index contributed by atoms with van der Waals surface area (Å²) in [5.74, 6) is 0.863. The molecule has 0 bridgehead atoms. The molecule has 0 saturated heterocycles. The normalized spacial score (nSPS) is 19.9. The zero-order chi connectivity index (χ0) is 14.4. The van der Waals surface area contributed by atoms with Crippen molar-refractivity contribution in [3.8, 4) is 0 Å². The van der Waals surface area contributed by atoms with E-state index in [9.17, 15) is 4.79 Å². The second-order valence-electron chi connectivity index (χ2n) is 5.83. The van der Waals surface area contributed by atoms with Crippen molar-refractivity contribution in [2.75, 3.05) is 6.54 Å². The number of hydrogen-bond donors (Lipinski definition) is 2. The maximum atomic E-state index is 12.4. The number of rotatable bonds is 2. The molecule has 2 aliphatic rings. The first-order chi connectivity index (χ1) is 10.2. The van der Waals surface area contributed by atoms with Crippen molar-refractivity contribution in [3.63, 3.8) is 0 Å². The molecular formula is C15H16BrN3OS. The van der Waals surface area contributed by atoms with Gasteiger partial charge in [0.2, 0.25) is 0 Å². The average molecular weight is 366 g/mol. The van der Waals surface area contributed by atoms with Crippen LogP contribution in [0, 0.1) is 0 Å². The van der Waals surface area contributed by atoms with Gasteiger partial charge in [-0.3, -0.25) is 4.79 Å². The van der Waals surface area contributed by atoms with E-state index < -0.39 is 0 Å². The van der Waals surface area contributed by atoms with Crippen LogP contribution in [0.3, 0.4) is 0 Å². The minimum atomic E-state index is -0.0510. The molecule has 0 aromatic carbocycles. The molecule has 4 nitrogen and oxygen atoms in total. The number of aryl methyl sites for hydroxylation is 1. The van der Waals surface area contributed by atoms with E-state index >= 15 is 0 Å². The molecule has 1 fully saturated rings. The molecule has 2 aromatic rings. The largest absolute Gasteiger partial charge is 0.312 e. The van der Waals surface area contributed by atoms with Crippen molar-refractivity contribution in [2.24, 2.45) is 0 Å². The second-order valence-corrected chi connectivity index (χ2v) is 7.66. The van der Waals surface area contributed by atoms with Gasteiger partial charge < -0.3 is 10.3 Å². The molecule has 110 valence electrons. The van der Waals surface area contributed by atoms with Gasteiger partial charge in [0.1, 0.15) is 5.82 Å². The van der Waals surface area contributed by atoms with Crippen LogP contribution in [0.5, 0.6) is 0 Å². The number of thiophene rings is 1. The number of fused-ring (bicyclic) bond motifs is 1. The molecule has 3 heterocycles. The first-order valence-electron chi connectivity index (χ1n) is 7.27. The highest BCUT2D eigenvalue weighted by atomic mass is 79.9. The van der Waals surface area contributed by atoms with E-state index in [0.29, 0.717) is 6.54 Å². The van der Waals surface area contributed by atoms with Gasteiger partial charge in [-0.05, 0) is 54.2 Å². The molecule has 0 atom stereocenters. The van der Waals surface area contributed by atoms with Crippen molar-refractivity contribution in [2.45, 2.75) is 37.6 Å². The lowest BCUT2D eigenvalue weighted by Crippen LogP contribution is -2.26. The van der Waals surface area contributed by atoms with Crippen LogP contribution in [-0.4, -0.2) is 16.5 Å². The molecule has 1 saturated carbocycles. The van der Waals surface area contributed by atoms with E-state index in [2.05, 4.69) is 37.7 Å². The number of H-pyrrole nitrogens is 1. The van der Waals surface area contributed by atoms with E-state index in [-0.39, 0.29) is 11.0 Å². The Balaban J connectivity index is 1.81. The SMILES string of the molecule is O=c1[nH]c(C2(c3cc(Br)cs3)CC2)nc2c1CNCCC2. The highest BCUT2D eigenvalue weighted by molar-refractivity contribution is 9.10. The summed E-state index contributed by atoms with van der Waals surface area (Å²) in [6.45, 7) is 1.59. The lowest BCUT2D eigenvalue weighted by atomic mass is 10.0. The first-order valence-corrected chi connectivity index (χ1v) is 8.94. The van der Waals surface area contributed by atoms with Crippen molar-refractivity contribution < 1.29 is 0 Å². The van der Waals surface area contributed by atoms with Gasteiger partial charge >= 0.3 is 0 Å². The molecule has 2 aromatic heterocycles. The van der Waals surface area contributed by atoms with Crippen molar-refractivity contribution in [1.82, 2.24) is 15.3 Å². The van der Waals surface area contributed by atoms with Crippen LogP contribution in [0.15, 0.2) is 20.7 Å². The number of hydrogen-bond acceptors (Lipinski definition) is 4. The fourth-order valence-electron chi connectivity index (χ4n) is 3.04. The molecule has 1 aliphatic carbocycles. The van der Waals surface area contributed by atoms with E-state index in [1.807, 2.05) is 0 Å². The van der Waals surface area contributed by atoms with Gasteiger partial charge in [0.15, 0.2) is 0 Å². The van der Waals surface area contributed by atoms with E-state index in [1.165, 1.54) is 4.88 Å². The Morgan fingerprint density at radius 1 is 1.38 bits per heavy atom. The van der Waals surface area contributed by atoms with Gasteiger partial charge in [-0.2, -0.15) is 0 Å². The third kappa shape index (κ3) is 2.29. The molecule has 2 N–H and O–H groups in total. The van der Waals surface area contributed by atoms with E-state index in [0.717, 1.165) is 53.8 Å². The monoisotopic (exact) mass is 365 g/mol. The molecule has 0 unspecified atom stereocenters. The van der Waals surface area contributed by atoms with Crippen LogP contribution >= 0.6 is 27.3 Å². The van der Waals surface area contributed by atoms with Crippen LogP contribution < -0.4 is 10.9 Å². The summed E-state index contributed by atoms with van der Waals surface area (Å²) < 4.78 is 1.11. The molecule has 0 radical (unpaired) electrons. The topological polar surface area (TPSA) is 57.8 Å². The first kappa shape index (κ1) is 13.7. The molecule has 4 rings (SSSR count). The number of nitrogens with one attached hydrogen (secondary N) is 2. The summed E-state index contributed by atoms with van der Waals surface area (Å²) in [5.41, 5.74) is 1.79. The fourth-order valence-corrected chi connectivity index (χ4v) is 4.73. The quantitative estimate of drug-likeness (QED) is 0.859. The van der Waals surface area contributed by atoms with Gasteiger partial charge in [-0.1, -0.05) is 0 Å². The van der Waals surface area contributed by atoms with Crippen molar-refractivity contribution in [3.05, 3.63) is 48.2 Å². The predicted molar refractivity (Wildman–Crippen MR) is 86.9 cm³/mol. The van der Waals surface area contributed by atoms with E-state index in [1.54, 1.807) is 11.3 Å². The van der Waals surface area contributed by atoms with Crippen LogP contribution in [0.2, 0.25) is 0 Å². The molecular weight excluding hydrogens is 350 g/mol. The third-order valence-corrected chi connectivity index (χ3v) is 6.31. The lowest BCUT2D eigenvalue weighted by Gasteiger charge is -2.15. The van der Waals surface area contributed by atoms with Gasteiger partial charge in [0.05, 0.1) is 16.7 Å². The summed E-state index contributed by atoms with van der Waals surface area (Å²) in [5, 5.41) is 5.39. The van der Waals surface area contributed by atoms with E-state index in [4.69, 9.17) is 4.98 Å². The minimum absolute atomic E-state index is 0.0336. The third-order valence-electron chi connectivity index (χ3n) is 4.41. The summed E-state index contributed by atoms with van der Waals surface area (Å²) in [7, 11) is 0. The van der Waals surface area contributed by atoms with Gasteiger partial charge in [0.25, 0.3) is 5.56 Å². The minimum Gasteiger partial charge on any atom is -0.312 e. The number of aromatic amines is 1. The highest BCUT2D eigenvalue weighted by Crippen LogP contribution is 2.54. The predicted octanol–water partition coefficient (Wildman–Crippen LogP) is 2.71. The Labute approximate surface area is 135 Å². The van der Waals surface area contributed by atoms with Gasteiger partial charge in [0, 0.05) is 21.3 Å². The summed E-state index contributed by atoms with van der Waals surface area (Å²) >= 11 is 5.26. The Hall–Kier alpha value is -0.980. The lowest BCUT2D eigenvalue weighted by molar-refractivity contribution is 0.678. The molecule has 0 spiro atoms. The Kier molecular flexibility index (Phi) is 3.28. The van der Waals surface area contributed by atoms with Crippen LogP contribution in [0.4, 0.5) is 0 Å². The maximum absolute atomic E-state index is 12.4. The second kappa shape index (κ2) is 5.04. The molecule has 21 heavy (non-hydrogen) atoms. The number of nitrogens with zero attached hydrogens (tertiary/aromatic N) is 1. The van der Waals surface area contributed by atoms with Crippen LogP contribution in [0.1, 0.15) is 41.2 Å².